The smallest absolute Gasteiger partial charge is 0.206 e. The van der Waals surface area contributed by atoms with E-state index in [1.165, 1.54) is 12.1 Å². The normalized spacial score (nSPS) is 10.7. The number of nitrogens with one attached hydrogen (secondary N) is 1. The second-order valence-corrected chi connectivity index (χ2v) is 4.47. The van der Waals surface area contributed by atoms with Crippen molar-refractivity contribution in [3.63, 3.8) is 0 Å². The molecule has 0 saturated heterocycles. The summed E-state index contributed by atoms with van der Waals surface area (Å²) in [4.78, 5) is 0. The second-order valence-electron chi connectivity index (χ2n) is 4.47. The maximum atomic E-state index is 13.2. The Hall–Kier alpha value is -2.56. The molecule has 0 fully saturated rings. The minimum Gasteiger partial charge on any atom is -0.461 e. The standard InChI is InChI=1S/C15H13FN2O2/c1-10-4-5-12(16)7-13(10)17-8-11-9-18-20-15(11)14-3-2-6-19-14/h2-7,9,17H,8H2,1H3. The van der Waals surface area contributed by atoms with Gasteiger partial charge in [0.05, 0.1) is 12.5 Å². The minimum absolute atomic E-state index is 0.269. The first-order valence-corrected chi connectivity index (χ1v) is 6.21. The van der Waals surface area contributed by atoms with E-state index in [1.807, 2.05) is 6.92 Å². The zero-order chi connectivity index (χ0) is 13.9. The van der Waals surface area contributed by atoms with Crippen LogP contribution >= 0.6 is 0 Å². The van der Waals surface area contributed by atoms with Crippen molar-refractivity contribution < 1.29 is 13.3 Å². The van der Waals surface area contributed by atoms with Crippen molar-refractivity contribution in [3.8, 4) is 11.5 Å². The summed E-state index contributed by atoms with van der Waals surface area (Å²) in [5.41, 5.74) is 2.57. The highest BCUT2D eigenvalue weighted by Crippen LogP contribution is 2.25. The molecular formula is C15H13FN2O2. The van der Waals surface area contributed by atoms with Gasteiger partial charge in [-0.15, -0.1) is 0 Å². The fraction of sp³-hybridized carbons (Fsp3) is 0.133. The van der Waals surface area contributed by atoms with E-state index < -0.39 is 0 Å². The van der Waals surface area contributed by atoms with Crippen LogP contribution in [-0.4, -0.2) is 5.16 Å². The third-order valence-electron chi connectivity index (χ3n) is 3.06. The van der Waals surface area contributed by atoms with Gasteiger partial charge in [-0.1, -0.05) is 11.2 Å². The molecule has 0 saturated carbocycles. The van der Waals surface area contributed by atoms with Gasteiger partial charge in [0.25, 0.3) is 0 Å². The summed E-state index contributed by atoms with van der Waals surface area (Å²) < 4.78 is 23.7. The van der Waals surface area contributed by atoms with Gasteiger partial charge in [0, 0.05) is 17.8 Å². The van der Waals surface area contributed by atoms with E-state index in [2.05, 4.69) is 10.5 Å². The molecule has 2 heterocycles. The monoisotopic (exact) mass is 272 g/mol. The first kappa shape index (κ1) is 12.5. The SMILES string of the molecule is Cc1ccc(F)cc1NCc1cnoc1-c1ccco1. The molecule has 0 radical (unpaired) electrons. The first-order valence-electron chi connectivity index (χ1n) is 6.21. The lowest BCUT2D eigenvalue weighted by molar-refractivity contribution is 0.417. The Morgan fingerprint density at radius 1 is 1.30 bits per heavy atom. The fourth-order valence-electron chi connectivity index (χ4n) is 1.97. The third-order valence-corrected chi connectivity index (χ3v) is 3.06. The highest BCUT2D eigenvalue weighted by molar-refractivity contribution is 5.56. The van der Waals surface area contributed by atoms with Crippen LogP contribution in [-0.2, 0) is 6.54 Å². The van der Waals surface area contributed by atoms with Crippen molar-refractivity contribution in [1.82, 2.24) is 5.16 Å². The highest BCUT2D eigenvalue weighted by Gasteiger charge is 2.13. The summed E-state index contributed by atoms with van der Waals surface area (Å²) in [6.07, 6.45) is 3.20. The Labute approximate surface area is 115 Å². The van der Waals surface area contributed by atoms with Crippen LogP contribution in [0.4, 0.5) is 10.1 Å². The summed E-state index contributed by atoms with van der Waals surface area (Å²) in [7, 11) is 0. The summed E-state index contributed by atoms with van der Waals surface area (Å²) in [5, 5.41) is 6.96. The van der Waals surface area contributed by atoms with E-state index >= 15 is 0 Å². The second kappa shape index (κ2) is 5.21. The molecule has 1 N–H and O–H groups in total. The molecule has 20 heavy (non-hydrogen) atoms. The van der Waals surface area contributed by atoms with Gasteiger partial charge in [-0.05, 0) is 36.8 Å². The van der Waals surface area contributed by atoms with Crippen LogP contribution in [0.2, 0.25) is 0 Å². The quantitative estimate of drug-likeness (QED) is 0.780. The number of anilines is 1. The molecule has 0 aliphatic heterocycles. The number of aryl methyl sites for hydroxylation is 1. The number of halogens is 1. The number of rotatable bonds is 4. The molecule has 2 aromatic heterocycles. The molecule has 3 rings (SSSR count). The van der Waals surface area contributed by atoms with Crippen LogP contribution in [0.1, 0.15) is 11.1 Å². The lowest BCUT2D eigenvalue weighted by Crippen LogP contribution is -2.01. The molecule has 0 spiro atoms. The largest absolute Gasteiger partial charge is 0.461 e. The Balaban J connectivity index is 1.79. The van der Waals surface area contributed by atoms with E-state index in [0.717, 1.165) is 16.8 Å². The molecule has 0 aliphatic carbocycles. The van der Waals surface area contributed by atoms with Crippen molar-refractivity contribution in [2.24, 2.45) is 0 Å². The van der Waals surface area contributed by atoms with Crippen LogP contribution in [0.3, 0.4) is 0 Å². The van der Waals surface area contributed by atoms with E-state index in [1.54, 1.807) is 30.7 Å². The van der Waals surface area contributed by atoms with Gasteiger partial charge in [0.2, 0.25) is 5.76 Å². The molecule has 0 bridgehead atoms. The van der Waals surface area contributed by atoms with E-state index in [9.17, 15) is 4.39 Å². The van der Waals surface area contributed by atoms with Gasteiger partial charge < -0.3 is 14.3 Å². The van der Waals surface area contributed by atoms with Gasteiger partial charge in [-0.25, -0.2) is 4.39 Å². The van der Waals surface area contributed by atoms with Gasteiger partial charge >= 0.3 is 0 Å². The average Bonchev–Trinajstić information content (AvgIpc) is 3.09. The maximum Gasteiger partial charge on any atom is 0.206 e. The summed E-state index contributed by atoms with van der Waals surface area (Å²) in [5.74, 6) is 0.932. The molecule has 3 aromatic rings. The Bertz CT molecular complexity index is 704. The fourth-order valence-corrected chi connectivity index (χ4v) is 1.97. The molecule has 0 unspecified atom stereocenters. The Morgan fingerprint density at radius 2 is 2.20 bits per heavy atom. The molecule has 0 amide bonds. The van der Waals surface area contributed by atoms with Crippen LogP contribution < -0.4 is 5.32 Å². The lowest BCUT2D eigenvalue weighted by atomic mass is 10.1. The number of furan rings is 1. The average molecular weight is 272 g/mol. The van der Waals surface area contributed by atoms with Crippen LogP contribution in [0.25, 0.3) is 11.5 Å². The topological polar surface area (TPSA) is 51.2 Å². The predicted octanol–water partition coefficient (Wildman–Crippen LogP) is 3.99. The van der Waals surface area contributed by atoms with Crippen molar-refractivity contribution in [3.05, 3.63) is 59.7 Å². The van der Waals surface area contributed by atoms with Crippen molar-refractivity contribution in [1.29, 1.82) is 0 Å². The lowest BCUT2D eigenvalue weighted by Gasteiger charge is -2.08. The summed E-state index contributed by atoms with van der Waals surface area (Å²) in [6.45, 7) is 2.40. The van der Waals surface area contributed by atoms with E-state index in [-0.39, 0.29) is 5.82 Å². The van der Waals surface area contributed by atoms with E-state index in [0.29, 0.717) is 18.1 Å². The van der Waals surface area contributed by atoms with Gasteiger partial charge in [-0.3, -0.25) is 0 Å². The zero-order valence-electron chi connectivity index (χ0n) is 10.9. The van der Waals surface area contributed by atoms with Crippen molar-refractivity contribution in [2.75, 3.05) is 5.32 Å². The van der Waals surface area contributed by atoms with Crippen LogP contribution in [0.15, 0.2) is 51.7 Å². The molecule has 0 aliphatic rings. The molecule has 4 nitrogen and oxygen atoms in total. The third kappa shape index (κ3) is 2.42. The van der Waals surface area contributed by atoms with Crippen molar-refractivity contribution in [2.45, 2.75) is 13.5 Å². The molecule has 1 aromatic carbocycles. The molecule has 0 atom stereocenters. The number of benzene rings is 1. The molecule has 102 valence electrons. The van der Waals surface area contributed by atoms with Crippen molar-refractivity contribution >= 4 is 5.69 Å². The Kier molecular flexibility index (Phi) is 3.25. The predicted molar refractivity (Wildman–Crippen MR) is 72.7 cm³/mol. The first-order chi connectivity index (χ1) is 9.74. The number of aromatic nitrogens is 1. The number of hydrogen-bond acceptors (Lipinski definition) is 4. The number of hydrogen-bond donors (Lipinski definition) is 1. The van der Waals surface area contributed by atoms with E-state index in [4.69, 9.17) is 8.94 Å². The zero-order valence-corrected chi connectivity index (χ0v) is 10.9. The van der Waals surface area contributed by atoms with Gasteiger partial charge in [0.1, 0.15) is 5.82 Å². The van der Waals surface area contributed by atoms with Gasteiger partial charge in [-0.2, -0.15) is 0 Å². The maximum absolute atomic E-state index is 13.2. The van der Waals surface area contributed by atoms with Crippen LogP contribution in [0, 0.1) is 12.7 Å². The summed E-state index contributed by atoms with van der Waals surface area (Å²) in [6, 6.07) is 8.23. The highest BCUT2D eigenvalue weighted by atomic mass is 19.1. The summed E-state index contributed by atoms with van der Waals surface area (Å²) >= 11 is 0. The Morgan fingerprint density at radius 3 is 3.00 bits per heavy atom. The minimum atomic E-state index is -0.269. The van der Waals surface area contributed by atoms with Crippen LogP contribution in [0.5, 0.6) is 0 Å². The molecule has 5 heteroatoms. The van der Waals surface area contributed by atoms with Gasteiger partial charge in [0.15, 0.2) is 5.76 Å². The molecular weight excluding hydrogens is 259 g/mol. The number of nitrogens with zero attached hydrogens (tertiary/aromatic N) is 1.